The molecule has 5 nitrogen and oxygen atoms in total. The first kappa shape index (κ1) is 19.2. The number of benzene rings is 1. The normalized spacial score (nSPS) is 19.0. The molecule has 3 heterocycles. The molecule has 2 aromatic heterocycles. The Hall–Kier alpha value is -2.79. The lowest BCUT2D eigenvalue weighted by atomic mass is 9.89. The number of carbonyl (C=O) groups is 1. The Balaban J connectivity index is 1.46. The highest BCUT2D eigenvalue weighted by Crippen LogP contribution is 2.40. The molecule has 1 unspecified atom stereocenters. The van der Waals surface area contributed by atoms with E-state index in [1.54, 1.807) is 36.7 Å². The lowest BCUT2D eigenvalue weighted by Gasteiger charge is -2.33. The maximum atomic E-state index is 13.1. The van der Waals surface area contributed by atoms with Crippen LogP contribution in [0.25, 0.3) is 11.1 Å². The lowest BCUT2D eigenvalue weighted by Crippen LogP contribution is -2.39. The molecule has 0 N–H and O–H groups in total. The molecule has 30 heavy (non-hydrogen) atoms. The number of likely N-dealkylation sites (tertiary alicyclic amines) is 1. The Morgan fingerprint density at radius 3 is 2.50 bits per heavy atom. The van der Waals surface area contributed by atoms with Gasteiger partial charge in [-0.25, -0.2) is 9.97 Å². The zero-order valence-electron chi connectivity index (χ0n) is 16.7. The van der Waals surface area contributed by atoms with Gasteiger partial charge in [-0.15, -0.1) is 0 Å². The van der Waals surface area contributed by atoms with Gasteiger partial charge in [-0.1, -0.05) is 11.6 Å². The number of rotatable bonds is 4. The van der Waals surface area contributed by atoms with Gasteiger partial charge in [0.15, 0.2) is 0 Å². The van der Waals surface area contributed by atoms with Crippen LogP contribution in [0.4, 0.5) is 0 Å². The Morgan fingerprint density at radius 2 is 1.77 bits per heavy atom. The van der Waals surface area contributed by atoms with E-state index in [4.69, 9.17) is 16.6 Å². The standard InChI is InChI=1S/C24H23ClN4O/c25-20-7-5-18(6-8-20)24(30)29-13-1-2-19(15-29)22-21(16-9-11-26-12-10-16)14-27-23(28-22)17-3-4-17/h5-12,14,17,19H,1-4,13,15H2. The first-order chi connectivity index (χ1) is 14.7. The van der Waals surface area contributed by atoms with E-state index in [0.29, 0.717) is 23.0 Å². The summed E-state index contributed by atoms with van der Waals surface area (Å²) in [6, 6.07) is 11.1. The Bertz CT molecular complexity index is 1050. The maximum absolute atomic E-state index is 13.1. The first-order valence-corrected chi connectivity index (χ1v) is 10.9. The molecular formula is C24H23ClN4O. The molecule has 3 aromatic rings. The SMILES string of the molecule is O=C(c1ccc(Cl)cc1)N1CCCC(c2nc(C3CC3)ncc2-c2ccncc2)C1. The molecule has 1 atom stereocenters. The highest BCUT2D eigenvalue weighted by atomic mass is 35.5. The number of carbonyl (C=O) groups excluding carboxylic acids is 1. The minimum absolute atomic E-state index is 0.0540. The van der Waals surface area contributed by atoms with E-state index in [9.17, 15) is 4.79 Å². The van der Waals surface area contributed by atoms with Crippen LogP contribution >= 0.6 is 11.6 Å². The molecule has 1 saturated heterocycles. The van der Waals surface area contributed by atoms with Gasteiger partial charge in [0.1, 0.15) is 5.82 Å². The number of piperidine rings is 1. The van der Waals surface area contributed by atoms with Gasteiger partial charge >= 0.3 is 0 Å². The zero-order valence-corrected chi connectivity index (χ0v) is 17.4. The minimum atomic E-state index is 0.0540. The molecular weight excluding hydrogens is 396 g/mol. The van der Waals surface area contributed by atoms with Crippen molar-refractivity contribution in [2.75, 3.05) is 13.1 Å². The van der Waals surface area contributed by atoms with Gasteiger partial charge in [-0.05, 0) is 67.6 Å². The smallest absolute Gasteiger partial charge is 0.253 e. The van der Waals surface area contributed by atoms with Crippen molar-refractivity contribution in [3.8, 4) is 11.1 Å². The van der Waals surface area contributed by atoms with E-state index < -0.39 is 0 Å². The predicted octanol–water partition coefficient (Wildman–Crippen LogP) is 5.09. The second kappa shape index (κ2) is 8.15. The molecule has 0 radical (unpaired) electrons. The Morgan fingerprint density at radius 1 is 1.00 bits per heavy atom. The van der Waals surface area contributed by atoms with Crippen molar-refractivity contribution in [2.45, 2.75) is 37.5 Å². The van der Waals surface area contributed by atoms with Gasteiger partial charge in [-0.2, -0.15) is 0 Å². The van der Waals surface area contributed by atoms with Gasteiger partial charge in [0.2, 0.25) is 0 Å². The molecule has 1 saturated carbocycles. The summed E-state index contributed by atoms with van der Waals surface area (Å²) in [5.41, 5.74) is 3.86. The van der Waals surface area contributed by atoms with E-state index in [1.807, 2.05) is 23.2 Å². The van der Waals surface area contributed by atoms with Gasteiger partial charge in [0.25, 0.3) is 5.91 Å². The summed E-state index contributed by atoms with van der Waals surface area (Å²) in [7, 11) is 0. The summed E-state index contributed by atoms with van der Waals surface area (Å²) in [4.78, 5) is 28.8. The van der Waals surface area contributed by atoms with Crippen molar-refractivity contribution in [3.63, 3.8) is 0 Å². The number of nitrogens with zero attached hydrogens (tertiary/aromatic N) is 4. The van der Waals surface area contributed by atoms with Crippen molar-refractivity contribution in [1.82, 2.24) is 19.9 Å². The average molecular weight is 419 g/mol. The number of aromatic nitrogens is 3. The summed E-state index contributed by atoms with van der Waals surface area (Å²) in [5.74, 6) is 1.69. The molecule has 2 aliphatic rings. The van der Waals surface area contributed by atoms with Crippen LogP contribution in [-0.4, -0.2) is 38.8 Å². The Labute approximate surface area is 181 Å². The van der Waals surface area contributed by atoms with Crippen LogP contribution in [0.5, 0.6) is 0 Å². The number of pyridine rings is 1. The maximum Gasteiger partial charge on any atom is 0.253 e. The quantitative estimate of drug-likeness (QED) is 0.592. The third-order valence-electron chi connectivity index (χ3n) is 5.96. The largest absolute Gasteiger partial charge is 0.338 e. The molecule has 0 spiro atoms. The van der Waals surface area contributed by atoms with Crippen LogP contribution in [-0.2, 0) is 0 Å². The zero-order chi connectivity index (χ0) is 20.5. The van der Waals surface area contributed by atoms with Crippen molar-refractivity contribution in [2.24, 2.45) is 0 Å². The molecule has 2 fully saturated rings. The van der Waals surface area contributed by atoms with Crippen molar-refractivity contribution < 1.29 is 4.79 Å². The molecule has 1 aliphatic carbocycles. The third kappa shape index (κ3) is 3.94. The molecule has 1 aliphatic heterocycles. The van der Waals surface area contributed by atoms with Crippen LogP contribution in [0.1, 0.15) is 59.4 Å². The molecule has 5 rings (SSSR count). The summed E-state index contributed by atoms with van der Waals surface area (Å²) < 4.78 is 0. The van der Waals surface area contributed by atoms with Crippen LogP contribution in [0, 0.1) is 0 Å². The van der Waals surface area contributed by atoms with Gasteiger partial charge < -0.3 is 4.90 Å². The molecule has 152 valence electrons. The number of hydrogen-bond acceptors (Lipinski definition) is 4. The van der Waals surface area contributed by atoms with Gasteiger partial charge in [-0.3, -0.25) is 9.78 Å². The highest BCUT2D eigenvalue weighted by Gasteiger charge is 2.31. The minimum Gasteiger partial charge on any atom is -0.338 e. The van der Waals surface area contributed by atoms with Crippen LogP contribution in [0.2, 0.25) is 5.02 Å². The molecule has 1 aromatic carbocycles. The fourth-order valence-electron chi connectivity index (χ4n) is 4.17. The predicted molar refractivity (Wildman–Crippen MR) is 117 cm³/mol. The molecule has 0 bridgehead atoms. The monoisotopic (exact) mass is 418 g/mol. The summed E-state index contributed by atoms with van der Waals surface area (Å²) in [6.45, 7) is 1.43. The van der Waals surface area contributed by atoms with E-state index in [-0.39, 0.29) is 11.8 Å². The number of hydrogen-bond donors (Lipinski definition) is 0. The van der Waals surface area contributed by atoms with E-state index in [1.165, 1.54) is 12.8 Å². The van der Waals surface area contributed by atoms with Crippen molar-refractivity contribution >= 4 is 17.5 Å². The van der Waals surface area contributed by atoms with E-state index in [0.717, 1.165) is 42.0 Å². The van der Waals surface area contributed by atoms with E-state index in [2.05, 4.69) is 9.97 Å². The second-order valence-electron chi connectivity index (χ2n) is 8.13. The van der Waals surface area contributed by atoms with Crippen molar-refractivity contribution in [3.05, 3.63) is 77.1 Å². The lowest BCUT2D eigenvalue weighted by molar-refractivity contribution is 0.0706. The summed E-state index contributed by atoms with van der Waals surface area (Å²) in [5, 5.41) is 0.638. The van der Waals surface area contributed by atoms with E-state index >= 15 is 0 Å². The van der Waals surface area contributed by atoms with Gasteiger partial charge in [0, 0.05) is 59.7 Å². The first-order valence-electron chi connectivity index (χ1n) is 10.5. The fraction of sp³-hybridized carbons (Fsp3) is 0.333. The average Bonchev–Trinajstić information content (AvgIpc) is 3.65. The van der Waals surface area contributed by atoms with Crippen LogP contribution < -0.4 is 0 Å². The third-order valence-corrected chi connectivity index (χ3v) is 6.21. The number of amides is 1. The summed E-state index contributed by atoms with van der Waals surface area (Å²) in [6.07, 6.45) is 9.87. The molecule has 1 amide bonds. The topological polar surface area (TPSA) is 59.0 Å². The highest BCUT2D eigenvalue weighted by molar-refractivity contribution is 6.30. The number of halogens is 1. The van der Waals surface area contributed by atoms with Crippen LogP contribution in [0.15, 0.2) is 55.0 Å². The molecule has 6 heteroatoms. The second-order valence-corrected chi connectivity index (χ2v) is 8.57. The fourth-order valence-corrected chi connectivity index (χ4v) is 4.30. The Kier molecular flexibility index (Phi) is 5.21. The van der Waals surface area contributed by atoms with Crippen molar-refractivity contribution in [1.29, 1.82) is 0 Å². The van der Waals surface area contributed by atoms with Gasteiger partial charge in [0.05, 0.1) is 5.69 Å². The summed E-state index contributed by atoms with van der Waals surface area (Å²) >= 11 is 5.98. The van der Waals surface area contributed by atoms with Crippen LogP contribution in [0.3, 0.4) is 0 Å².